The van der Waals surface area contributed by atoms with Crippen LogP contribution in [0.4, 0.5) is 0 Å². The van der Waals surface area contributed by atoms with E-state index >= 15 is 0 Å². The molecule has 0 aromatic rings. The van der Waals surface area contributed by atoms with Gasteiger partial charge in [0, 0.05) is 12.6 Å². The largest absolute Gasteiger partial charge is 0.355 e. The van der Waals surface area contributed by atoms with Gasteiger partial charge in [0.1, 0.15) is 0 Å². The van der Waals surface area contributed by atoms with Crippen molar-refractivity contribution in [3.63, 3.8) is 0 Å². The molecule has 3 nitrogen and oxygen atoms in total. The third kappa shape index (κ3) is 3.78. The fourth-order valence-electron chi connectivity index (χ4n) is 2.64. The monoisotopic (exact) mass is 226 g/mol. The molecule has 4 unspecified atom stereocenters. The first-order chi connectivity index (χ1) is 7.54. The second kappa shape index (κ2) is 6.24. The molecule has 1 aliphatic carbocycles. The first-order valence-electron chi connectivity index (χ1n) is 6.58. The van der Waals surface area contributed by atoms with E-state index in [9.17, 15) is 4.79 Å². The van der Waals surface area contributed by atoms with Gasteiger partial charge in [-0.15, -0.1) is 0 Å². The number of hydrogen-bond acceptors (Lipinski definition) is 2. The molecule has 1 fully saturated rings. The molecule has 16 heavy (non-hydrogen) atoms. The zero-order valence-electron chi connectivity index (χ0n) is 11.0. The Morgan fingerprint density at radius 2 is 2.06 bits per heavy atom. The van der Waals surface area contributed by atoms with Gasteiger partial charge in [-0.05, 0) is 44.9 Å². The molecular formula is C13H26N2O. The maximum absolute atomic E-state index is 11.6. The molecule has 94 valence electrons. The highest BCUT2D eigenvalue weighted by atomic mass is 16.2. The molecule has 1 rings (SSSR count). The summed E-state index contributed by atoms with van der Waals surface area (Å²) in [5, 5.41) is 6.32. The zero-order chi connectivity index (χ0) is 12.1. The lowest BCUT2D eigenvalue weighted by molar-refractivity contribution is -0.123. The minimum atomic E-state index is -0.0687. The standard InChI is InChI=1S/C13H26N2O/c1-5-14-13(16)11(4)15-12-7-6-9(2)8-10(12)3/h9-12,15H,5-8H2,1-4H3,(H,14,16). The van der Waals surface area contributed by atoms with Crippen LogP contribution in [0.15, 0.2) is 0 Å². The van der Waals surface area contributed by atoms with Crippen LogP contribution >= 0.6 is 0 Å². The van der Waals surface area contributed by atoms with Crippen molar-refractivity contribution < 1.29 is 4.79 Å². The van der Waals surface area contributed by atoms with Crippen LogP contribution in [0.2, 0.25) is 0 Å². The quantitative estimate of drug-likeness (QED) is 0.769. The SMILES string of the molecule is CCNC(=O)C(C)NC1CCC(C)CC1C. The van der Waals surface area contributed by atoms with Crippen molar-refractivity contribution in [2.45, 2.75) is 59.0 Å². The van der Waals surface area contributed by atoms with Crippen LogP contribution in [0.25, 0.3) is 0 Å². The van der Waals surface area contributed by atoms with Crippen LogP contribution in [-0.4, -0.2) is 24.5 Å². The molecule has 0 bridgehead atoms. The summed E-state index contributed by atoms with van der Waals surface area (Å²) in [5.74, 6) is 1.64. The number of hydrogen-bond donors (Lipinski definition) is 2. The van der Waals surface area contributed by atoms with Crippen LogP contribution in [0, 0.1) is 11.8 Å². The van der Waals surface area contributed by atoms with Crippen LogP contribution in [0.1, 0.15) is 47.0 Å². The normalized spacial score (nSPS) is 32.1. The smallest absolute Gasteiger partial charge is 0.236 e. The van der Waals surface area contributed by atoms with Crippen molar-refractivity contribution in [1.29, 1.82) is 0 Å². The lowest BCUT2D eigenvalue weighted by Gasteiger charge is -2.34. The molecule has 1 aliphatic rings. The van der Waals surface area contributed by atoms with Crippen molar-refractivity contribution in [3.05, 3.63) is 0 Å². The van der Waals surface area contributed by atoms with Crippen molar-refractivity contribution in [2.24, 2.45) is 11.8 Å². The third-order valence-electron chi connectivity index (χ3n) is 3.64. The third-order valence-corrected chi connectivity index (χ3v) is 3.64. The van der Waals surface area contributed by atoms with E-state index in [4.69, 9.17) is 0 Å². The second-order valence-corrected chi connectivity index (χ2v) is 5.28. The Balaban J connectivity index is 2.38. The van der Waals surface area contributed by atoms with E-state index in [1.165, 1.54) is 19.3 Å². The molecule has 2 N–H and O–H groups in total. The average molecular weight is 226 g/mol. The molecule has 0 radical (unpaired) electrons. The van der Waals surface area contributed by atoms with E-state index in [1.54, 1.807) is 0 Å². The molecule has 4 atom stereocenters. The van der Waals surface area contributed by atoms with Gasteiger partial charge in [0.15, 0.2) is 0 Å². The van der Waals surface area contributed by atoms with Gasteiger partial charge >= 0.3 is 0 Å². The Morgan fingerprint density at radius 3 is 2.62 bits per heavy atom. The fraction of sp³-hybridized carbons (Fsp3) is 0.923. The Morgan fingerprint density at radius 1 is 1.38 bits per heavy atom. The maximum Gasteiger partial charge on any atom is 0.236 e. The topological polar surface area (TPSA) is 41.1 Å². The van der Waals surface area contributed by atoms with E-state index < -0.39 is 0 Å². The summed E-state index contributed by atoms with van der Waals surface area (Å²) in [7, 11) is 0. The van der Waals surface area contributed by atoms with E-state index in [0.717, 1.165) is 5.92 Å². The van der Waals surface area contributed by atoms with Gasteiger partial charge in [0.2, 0.25) is 5.91 Å². The van der Waals surface area contributed by atoms with E-state index in [1.807, 2.05) is 13.8 Å². The summed E-state index contributed by atoms with van der Waals surface area (Å²) in [4.78, 5) is 11.6. The fourth-order valence-corrected chi connectivity index (χ4v) is 2.64. The molecule has 3 heteroatoms. The van der Waals surface area contributed by atoms with Gasteiger partial charge in [0.05, 0.1) is 6.04 Å². The Hall–Kier alpha value is -0.570. The molecule has 1 amide bonds. The lowest BCUT2D eigenvalue weighted by atomic mass is 9.79. The predicted octanol–water partition coefficient (Wildman–Crippen LogP) is 1.93. The second-order valence-electron chi connectivity index (χ2n) is 5.28. The number of carbonyl (C=O) groups is 1. The molecule has 0 aromatic carbocycles. The number of likely N-dealkylation sites (N-methyl/N-ethyl adjacent to an activating group) is 1. The van der Waals surface area contributed by atoms with Crippen molar-refractivity contribution in [3.8, 4) is 0 Å². The highest BCUT2D eigenvalue weighted by Gasteiger charge is 2.27. The van der Waals surface area contributed by atoms with E-state index in [-0.39, 0.29) is 11.9 Å². The van der Waals surface area contributed by atoms with Crippen LogP contribution < -0.4 is 10.6 Å². The summed E-state index contributed by atoms with van der Waals surface area (Å²) in [5.41, 5.74) is 0. The highest BCUT2D eigenvalue weighted by Crippen LogP contribution is 2.28. The zero-order valence-corrected chi connectivity index (χ0v) is 11.0. The van der Waals surface area contributed by atoms with Gasteiger partial charge in [-0.1, -0.05) is 13.8 Å². The molecule has 0 aromatic heterocycles. The van der Waals surface area contributed by atoms with Crippen molar-refractivity contribution in [2.75, 3.05) is 6.54 Å². The summed E-state index contributed by atoms with van der Waals surface area (Å²) < 4.78 is 0. The Labute approximate surface area is 99.4 Å². The first kappa shape index (κ1) is 13.5. The van der Waals surface area contributed by atoms with Gasteiger partial charge in [-0.3, -0.25) is 4.79 Å². The Kier molecular flexibility index (Phi) is 5.26. The van der Waals surface area contributed by atoms with Crippen molar-refractivity contribution >= 4 is 5.91 Å². The molecule has 0 aliphatic heterocycles. The highest BCUT2D eigenvalue weighted by molar-refractivity contribution is 5.81. The van der Waals surface area contributed by atoms with Gasteiger partial charge < -0.3 is 10.6 Å². The maximum atomic E-state index is 11.6. The molecular weight excluding hydrogens is 200 g/mol. The molecule has 0 heterocycles. The van der Waals surface area contributed by atoms with Gasteiger partial charge in [-0.25, -0.2) is 0 Å². The number of rotatable bonds is 4. The van der Waals surface area contributed by atoms with Crippen LogP contribution in [-0.2, 0) is 4.79 Å². The van der Waals surface area contributed by atoms with E-state index in [0.29, 0.717) is 18.5 Å². The number of amides is 1. The van der Waals surface area contributed by atoms with Crippen LogP contribution in [0.3, 0.4) is 0 Å². The lowest BCUT2D eigenvalue weighted by Crippen LogP contribution is -2.50. The number of carbonyl (C=O) groups excluding carboxylic acids is 1. The molecule has 0 spiro atoms. The predicted molar refractivity (Wildman–Crippen MR) is 67.2 cm³/mol. The average Bonchev–Trinajstić information content (AvgIpc) is 2.22. The van der Waals surface area contributed by atoms with E-state index in [2.05, 4.69) is 24.5 Å². The summed E-state index contributed by atoms with van der Waals surface area (Å²) in [6.45, 7) is 9.23. The van der Waals surface area contributed by atoms with Crippen LogP contribution in [0.5, 0.6) is 0 Å². The summed E-state index contributed by atoms with van der Waals surface area (Å²) in [6, 6.07) is 0.439. The molecule has 0 saturated heterocycles. The minimum absolute atomic E-state index is 0.0687. The first-order valence-corrected chi connectivity index (χ1v) is 6.58. The molecule has 1 saturated carbocycles. The summed E-state index contributed by atoms with van der Waals surface area (Å²) >= 11 is 0. The Bertz CT molecular complexity index is 230. The van der Waals surface area contributed by atoms with Gasteiger partial charge in [0.25, 0.3) is 0 Å². The number of nitrogens with one attached hydrogen (secondary N) is 2. The van der Waals surface area contributed by atoms with Crippen molar-refractivity contribution in [1.82, 2.24) is 10.6 Å². The minimum Gasteiger partial charge on any atom is -0.355 e. The van der Waals surface area contributed by atoms with Gasteiger partial charge in [-0.2, -0.15) is 0 Å². The summed E-state index contributed by atoms with van der Waals surface area (Å²) in [6.07, 6.45) is 3.76.